The highest BCUT2D eigenvalue weighted by molar-refractivity contribution is 6.32. The zero-order valence-electron chi connectivity index (χ0n) is 13.2. The molecule has 1 aromatic rings. The average Bonchev–Trinajstić information content (AvgIpc) is 3.00. The molecule has 0 aromatic heterocycles. The average molecular weight is 340 g/mol. The van der Waals surface area contributed by atoms with E-state index in [1.54, 1.807) is 18.2 Å². The Morgan fingerprint density at radius 3 is 2.96 bits per heavy atom. The van der Waals surface area contributed by atoms with Crippen molar-refractivity contribution in [1.82, 2.24) is 4.90 Å². The van der Waals surface area contributed by atoms with Crippen LogP contribution in [-0.2, 0) is 4.74 Å². The highest BCUT2D eigenvalue weighted by atomic mass is 35.5. The van der Waals surface area contributed by atoms with Crippen LogP contribution in [0.3, 0.4) is 0 Å². The Bertz CT molecular complexity index is 580. The number of rotatable bonds is 3. The van der Waals surface area contributed by atoms with Gasteiger partial charge in [0.05, 0.1) is 37.5 Å². The minimum Gasteiger partial charge on any atom is -0.495 e. The Kier molecular flexibility index (Phi) is 5.09. The summed E-state index contributed by atoms with van der Waals surface area (Å²) in [6, 6.07) is 4.98. The second-order valence-electron chi connectivity index (χ2n) is 6.15. The molecule has 1 heterocycles. The molecule has 1 aromatic carbocycles. The number of nitrogens with zero attached hydrogens (tertiary/aromatic N) is 1. The number of carbonyl (C=O) groups is 1. The van der Waals surface area contributed by atoms with Crippen LogP contribution in [0.1, 0.15) is 29.6 Å². The van der Waals surface area contributed by atoms with Crippen LogP contribution in [0.15, 0.2) is 18.2 Å². The minimum absolute atomic E-state index is 0.0626. The SMILES string of the molecule is COc1cc(C(=O)N2CCOC[C@@H]2[C@H]2CCC[C@H]2O)ccc1Cl. The normalized spacial score (nSPS) is 28.0. The number of ether oxygens (including phenoxy) is 2. The number of amides is 1. The van der Waals surface area contributed by atoms with Crippen molar-refractivity contribution < 1.29 is 19.4 Å². The monoisotopic (exact) mass is 339 g/mol. The molecule has 23 heavy (non-hydrogen) atoms. The van der Waals surface area contributed by atoms with Crippen molar-refractivity contribution in [3.8, 4) is 5.75 Å². The molecule has 126 valence electrons. The van der Waals surface area contributed by atoms with Gasteiger partial charge in [0, 0.05) is 18.0 Å². The van der Waals surface area contributed by atoms with Crippen molar-refractivity contribution >= 4 is 17.5 Å². The van der Waals surface area contributed by atoms with E-state index < -0.39 is 0 Å². The zero-order chi connectivity index (χ0) is 16.4. The molecule has 0 bridgehead atoms. The third-order valence-corrected chi connectivity index (χ3v) is 5.16. The Morgan fingerprint density at radius 1 is 1.43 bits per heavy atom. The van der Waals surface area contributed by atoms with E-state index in [1.807, 2.05) is 4.90 Å². The van der Waals surface area contributed by atoms with Crippen molar-refractivity contribution in [3.05, 3.63) is 28.8 Å². The van der Waals surface area contributed by atoms with E-state index in [1.165, 1.54) is 7.11 Å². The van der Waals surface area contributed by atoms with Crippen molar-refractivity contribution in [1.29, 1.82) is 0 Å². The molecule has 1 N–H and O–H groups in total. The number of hydrogen-bond donors (Lipinski definition) is 1. The molecule has 5 nitrogen and oxygen atoms in total. The summed E-state index contributed by atoms with van der Waals surface area (Å²) in [6.45, 7) is 1.55. The number of morpholine rings is 1. The van der Waals surface area contributed by atoms with E-state index in [4.69, 9.17) is 21.1 Å². The Hall–Kier alpha value is -1.30. The van der Waals surface area contributed by atoms with E-state index in [0.717, 1.165) is 19.3 Å². The van der Waals surface area contributed by atoms with E-state index >= 15 is 0 Å². The van der Waals surface area contributed by atoms with Crippen molar-refractivity contribution in [3.63, 3.8) is 0 Å². The van der Waals surface area contributed by atoms with E-state index in [-0.39, 0.29) is 24.0 Å². The summed E-state index contributed by atoms with van der Waals surface area (Å²) < 4.78 is 10.8. The third kappa shape index (κ3) is 3.32. The molecule has 1 amide bonds. The maximum Gasteiger partial charge on any atom is 0.254 e. The number of benzene rings is 1. The molecule has 2 fully saturated rings. The highest BCUT2D eigenvalue weighted by Crippen LogP contribution is 2.33. The fourth-order valence-corrected chi connectivity index (χ4v) is 3.80. The van der Waals surface area contributed by atoms with Gasteiger partial charge in [-0.3, -0.25) is 4.79 Å². The van der Waals surface area contributed by atoms with Gasteiger partial charge in [-0.1, -0.05) is 18.0 Å². The first-order valence-corrected chi connectivity index (χ1v) is 8.40. The second-order valence-corrected chi connectivity index (χ2v) is 6.56. The van der Waals surface area contributed by atoms with Crippen LogP contribution in [0.5, 0.6) is 5.75 Å². The summed E-state index contributed by atoms with van der Waals surface area (Å²) in [5.74, 6) is 0.518. The summed E-state index contributed by atoms with van der Waals surface area (Å²) in [5, 5.41) is 10.7. The Labute approximate surface area is 141 Å². The summed E-state index contributed by atoms with van der Waals surface area (Å²) in [7, 11) is 1.53. The predicted octanol–water partition coefficient (Wildman–Crippen LogP) is 2.35. The molecular formula is C17H22ClNO4. The third-order valence-electron chi connectivity index (χ3n) is 4.85. The number of aliphatic hydroxyl groups excluding tert-OH is 1. The molecule has 1 saturated carbocycles. The van der Waals surface area contributed by atoms with Crippen LogP contribution in [-0.4, -0.2) is 54.9 Å². The first-order valence-electron chi connectivity index (χ1n) is 8.02. The molecule has 3 rings (SSSR count). The molecule has 2 aliphatic rings. The topological polar surface area (TPSA) is 59.0 Å². The quantitative estimate of drug-likeness (QED) is 0.918. The Balaban J connectivity index is 1.83. The lowest BCUT2D eigenvalue weighted by Crippen LogP contribution is -2.53. The lowest BCUT2D eigenvalue weighted by Gasteiger charge is -2.40. The van der Waals surface area contributed by atoms with Gasteiger partial charge in [-0.2, -0.15) is 0 Å². The van der Waals surface area contributed by atoms with Crippen LogP contribution < -0.4 is 4.74 Å². The van der Waals surface area contributed by atoms with E-state index in [9.17, 15) is 9.90 Å². The van der Waals surface area contributed by atoms with Gasteiger partial charge in [-0.25, -0.2) is 0 Å². The standard InChI is InChI=1S/C17H22ClNO4/c1-22-16-9-11(5-6-13(16)18)17(21)19-7-8-23-10-14(19)12-3-2-4-15(12)20/h5-6,9,12,14-15,20H,2-4,7-8,10H2,1H3/t12-,14-,15-/m1/s1. The molecule has 1 aliphatic carbocycles. The first kappa shape index (κ1) is 16.6. The smallest absolute Gasteiger partial charge is 0.254 e. The van der Waals surface area contributed by atoms with Gasteiger partial charge < -0.3 is 19.5 Å². The molecule has 3 atom stereocenters. The molecule has 0 radical (unpaired) electrons. The van der Waals surface area contributed by atoms with Crippen LogP contribution in [0, 0.1) is 5.92 Å². The van der Waals surface area contributed by atoms with Crippen molar-refractivity contribution in [2.24, 2.45) is 5.92 Å². The fraction of sp³-hybridized carbons (Fsp3) is 0.588. The number of halogens is 1. The van der Waals surface area contributed by atoms with Gasteiger partial charge >= 0.3 is 0 Å². The summed E-state index contributed by atoms with van der Waals surface area (Å²) >= 11 is 6.04. The van der Waals surface area contributed by atoms with Gasteiger partial charge in [0.25, 0.3) is 5.91 Å². The van der Waals surface area contributed by atoms with E-state index in [0.29, 0.717) is 36.1 Å². The summed E-state index contributed by atoms with van der Waals surface area (Å²) in [6.07, 6.45) is 2.39. The van der Waals surface area contributed by atoms with Gasteiger partial charge in [0.1, 0.15) is 5.75 Å². The van der Waals surface area contributed by atoms with Gasteiger partial charge in [0.2, 0.25) is 0 Å². The lowest BCUT2D eigenvalue weighted by molar-refractivity contribution is -0.0383. The van der Waals surface area contributed by atoms with Crippen molar-refractivity contribution in [2.75, 3.05) is 26.9 Å². The zero-order valence-corrected chi connectivity index (χ0v) is 14.0. The molecule has 6 heteroatoms. The number of carbonyl (C=O) groups excluding carboxylic acids is 1. The second kappa shape index (κ2) is 7.07. The van der Waals surface area contributed by atoms with Crippen LogP contribution in [0.25, 0.3) is 0 Å². The Morgan fingerprint density at radius 2 is 2.26 bits per heavy atom. The van der Waals surface area contributed by atoms with Crippen LogP contribution in [0.4, 0.5) is 0 Å². The predicted molar refractivity (Wildman–Crippen MR) is 87.0 cm³/mol. The van der Waals surface area contributed by atoms with Crippen molar-refractivity contribution in [2.45, 2.75) is 31.4 Å². The van der Waals surface area contributed by atoms with Gasteiger partial charge in [0.15, 0.2) is 0 Å². The van der Waals surface area contributed by atoms with Gasteiger partial charge in [-0.15, -0.1) is 0 Å². The van der Waals surface area contributed by atoms with E-state index in [2.05, 4.69) is 0 Å². The molecule has 0 spiro atoms. The lowest BCUT2D eigenvalue weighted by atomic mass is 9.93. The molecule has 0 unspecified atom stereocenters. The molecular weight excluding hydrogens is 318 g/mol. The maximum atomic E-state index is 12.9. The minimum atomic E-state index is -0.350. The van der Waals surface area contributed by atoms with Gasteiger partial charge in [-0.05, 0) is 31.0 Å². The van der Waals surface area contributed by atoms with Crippen LogP contribution in [0.2, 0.25) is 5.02 Å². The number of aliphatic hydroxyl groups is 1. The number of hydrogen-bond acceptors (Lipinski definition) is 4. The van der Waals surface area contributed by atoms with Crippen LogP contribution >= 0.6 is 11.6 Å². The molecule has 1 aliphatic heterocycles. The number of methoxy groups -OCH3 is 1. The fourth-order valence-electron chi connectivity index (χ4n) is 3.61. The first-order chi connectivity index (χ1) is 11.1. The summed E-state index contributed by atoms with van der Waals surface area (Å²) in [5.41, 5.74) is 0.547. The largest absolute Gasteiger partial charge is 0.495 e. The maximum absolute atomic E-state index is 12.9. The molecule has 1 saturated heterocycles. The highest BCUT2D eigenvalue weighted by Gasteiger charge is 2.39. The summed E-state index contributed by atoms with van der Waals surface area (Å²) in [4.78, 5) is 14.8.